The Morgan fingerprint density at radius 2 is 2.00 bits per heavy atom. The monoisotopic (exact) mass is 308 g/mol. The van der Waals surface area contributed by atoms with Crippen LogP contribution in [0.1, 0.15) is 25.8 Å². The molecule has 0 bridgehead atoms. The van der Waals surface area contributed by atoms with E-state index in [4.69, 9.17) is 11.6 Å². The van der Waals surface area contributed by atoms with Crippen molar-refractivity contribution in [1.82, 2.24) is 10.0 Å². The van der Waals surface area contributed by atoms with Crippen LogP contribution in [0.15, 0.2) is 17.0 Å². The predicted molar refractivity (Wildman–Crippen MR) is 74.3 cm³/mol. The molecule has 0 unspecified atom stereocenters. The zero-order chi connectivity index (χ0) is 14.5. The van der Waals surface area contributed by atoms with Crippen LogP contribution in [0, 0.1) is 5.82 Å². The Balaban J connectivity index is 3.12. The quantitative estimate of drug-likeness (QED) is 0.812. The molecular formula is C12H18ClFN2O2S. The van der Waals surface area contributed by atoms with Crippen LogP contribution in [0.25, 0.3) is 0 Å². The summed E-state index contributed by atoms with van der Waals surface area (Å²) < 4.78 is 39.9. The SMILES string of the molecule is CCCNS(=O)(=O)c1cc(F)c(Cl)c(CNCC)c1. The van der Waals surface area contributed by atoms with Gasteiger partial charge < -0.3 is 5.32 Å². The van der Waals surface area contributed by atoms with E-state index in [1.807, 2.05) is 13.8 Å². The lowest BCUT2D eigenvalue weighted by atomic mass is 10.2. The molecule has 1 rings (SSSR count). The molecule has 0 saturated carbocycles. The first-order valence-corrected chi connectivity index (χ1v) is 7.96. The Labute approximate surface area is 118 Å². The Kier molecular flexibility index (Phi) is 6.19. The molecule has 4 nitrogen and oxygen atoms in total. The van der Waals surface area contributed by atoms with Crippen molar-refractivity contribution in [2.45, 2.75) is 31.7 Å². The van der Waals surface area contributed by atoms with Crippen molar-refractivity contribution in [3.05, 3.63) is 28.5 Å². The maximum atomic E-state index is 13.7. The van der Waals surface area contributed by atoms with E-state index in [9.17, 15) is 12.8 Å². The minimum Gasteiger partial charge on any atom is -0.313 e. The van der Waals surface area contributed by atoms with Gasteiger partial charge in [-0.15, -0.1) is 0 Å². The molecule has 0 heterocycles. The van der Waals surface area contributed by atoms with Crippen LogP contribution >= 0.6 is 11.6 Å². The minimum absolute atomic E-state index is 0.0459. The Hall–Kier alpha value is -0.690. The normalized spacial score (nSPS) is 11.8. The van der Waals surface area contributed by atoms with Gasteiger partial charge in [0, 0.05) is 13.1 Å². The van der Waals surface area contributed by atoms with Gasteiger partial charge in [-0.2, -0.15) is 0 Å². The van der Waals surface area contributed by atoms with E-state index in [2.05, 4.69) is 10.0 Å². The third-order valence-corrected chi connectivity index (χ3v) is 4.36. The molecule has 0 aliphatic rings. The second-order valence-corrected chi connectivity index (χ2v) is 6.20. The predicted octanol–water partition coefficient (Wildman–Crippen LogP) is 2.28. The van der Waals surface area contributed by atoms with E-state index in [-0.39, 0.29) is 9.92 Å². The van der Waals surface area contributed by atoms with E-state index >= 15 is 0 Å². The molecule has 0 spiro atoms. The molecule has 108 valence electrons. The van der Waals surface area contributed by atoms with E-state index < -0.39 is 15.8 Å². The molecule has 0 aromatic heterocycles. The molecule has 0 aliphatic carbocycles. The number of nitrogens with one attached hydrogen (secondary N) is 2. The molecule has 19 heavy (non-hydrogen) atoms. The van der Waals surface area contributed by atoms with Crippen LogP contribution in [0.4, 0.5) is 4.39 Å². The molecule has 2 N–H and O–H groups in total. The molecule has 0 saturated heterocycles. The van der Waals surface area contributed by atoms with Crippen LogP contribution in [-0.2, 0) is 16.6 Å². The van der Waals surface area contributed by atoms with Crippen molar-refractivity contribution < 1.29 is 12.8 Å². The first-order chi connectivity index (χ1) is 8.92. The van der Waals surface area contributed by atoms with Crippen LogP contribution in [0.3, 0.4) is 0 Å². The van der Waals surface area contributed by atoms with Crippen molar-refractivity contribution in [2.24, 2.45) is 0 Å². The van der Waals surface area contributed by atoms with Crippen LogP contribution < -0.4 is 10.0 Å². The Bertz CT molecular complexity index is 535. The van der Waals surface area contributed by atoms with Gasteiger partial charge in [-0.3, -0.25) is 0 Å². The van der Waals surface area contributed by atoms with Gasteiger partial charge in [-0.05, 0) is 30.7 Å². The largest absolute Gasteiger partial charge is 0.313 e. The van der Waals surface area contributed by atoms with E-state index in [0.717, 1.165) is 6.07 Å². The summed E-state index contributed by atoms with van der Waals surface area (Å²) in [6, 6.07) is 2.34. The lowest BCUT2D eigenvalue weighted by Gasteiger charge is -2.10. The van der Waals surface area contributed by atoms with Gasteiger partial charge in [0.15, 0.2) is 0 Å². The number of sulfonamides is 1. The summed E-state index contributed by atoms with van der Waals surface area (Å²) in [6.45, 7) is 5.07. The maximum Gasteiger partial charge on any atom is 0.240 e. The van der Waals surface area contributed by atoms with E-state index in [1.165, 1.54) is 6.07 Å². The van der Waals surface area contributed by atoms with Crippen molar-refractivity contribution >= 4 is 21.6 Å². The minimum atomic E-state index is -3.69. The third-order valence-electron chi connectivity index (χ3n) is 2.49. The van der Waals surface area contributed by atoms with Crippen molar-refractivity contribution in [1.29, 1.82) is 0 Å². The molecule has 1 aromatic carbocycles. The number of hydrogen-bond donors (Lipinski definition) is 2. The zero-order valence-electron chi connectivity index (χ0n) is 11.0. The highest BCUT2D eigenvalue weighted by atomic mass is 35.5. The van der Waals surface area contributed by atoms with Crippen molar-refractivity contribution in [3.8, 4) is 0 Å². The number of halogens is 2. The van der Waals surface area contributed by atoms with Gasteiger partial charge in [0.1, 0.15) is 5.82 Å². The van der Waals surface area contributed by atoms with Gasteiger partial charge in [0.25, 0.3) is 0 Å². The average Bonchev–Trinajstić information content (AvgIpc) is 2.37. The lowest BCUT2D eigenvalue weighted by molar-refractivity contribution is 0.575. The first kappa shape index (κ1) is 16.4. The second-order valence-electron chi connectivity index (χ2n) is 4.06. The molecule has 0 radical (unpaired) electrons. The van der Waals surface area contributed by atoms with Gasteiger partial charge in [0.2, 0.25) is 10.0 Å². The van der Waals surface area contributed by atoms with Gasteiger partial charge in [0.05, 0.1) is 9.92 Å². The summed E-state index contributed by atoms with van der Waals surface area (Å²) in [7, 11) is -3.69. The molecule has 0 aliphatic heterocycles. The van der Waals surface area contributed by atoms with Gasteiger partial charge in [-0.25, -0.2) is 17.5 Å². The van der Waals surface area contributed by atoms with Crippen molar-refractivity contribution in [3.63, 3.8) is 0 Å². The summed E-state index contributed by atoms with van der Waals surface area (Å²) in [5.41, 5.74) is 0.431. The topological polar surface area (TPSA) is 58.2 Å². The van der Waals surface area contributed by atoms with Crippen molar-refractivity contribution in [2.75, 3.05) is 13.1 Å². The van der Waals surface area contributed by atoms with Gasteiger partial charge >= 0.3 is 0 Å². The fourth-order valence-corrected chi connectivity index (χ4v) is 2.85. The summed E-state index contributed by atoms with van der Waals surface area (Å²) in [5, 5.41) is 2.94. The lowest BCUT2D eigenvalue weighted by Crippen LogP contribution is -2.25. The average molecular weight is 309 g/mol. The van der Waals surface area contributed by atoms with Gasteiger partial charge in [-0.1, -0.05) is 25.4 Å². The highest BCUT2D eigenvalue weighted by molar-refractivity contribution is 7.89. The highest BCUT2D eigenvalue weighted by Gasteiger charge is 2.18. The zero-order valence-corrected chi connectivity index (χ0v) is 12.5. The standard InChI is InChI=1S/C12H18ClFN2O2S/c1-3-5-16-19(17,18)10-6-9(8-15-4-2)12(13)11(14)7-10/h6-7,15-16H,3-5,8H2,1-2H3. The highest BCUT2D eigenvalue weighted by Crippen LogP contribution is 2.24. The van der Waals surface area contributed by atoms with Crippen LogP contribution in [0.5, 0.6) is 0 Å². The molecule has 1 aromatic rings. The third kappa shape index (κ3) is 4.42. The fraction of sp³-hybridized carbons (Fsp3) is 0.500. The molecule has 0 atom stereocenters. The fourth-order valence-electron chi connectivity index (χ4n) is 1.48. The smallest absolute Gasteiger partial charge is 0.240 e. The van der Waals surface area contributed by atoms with E-state index in [0.29, 0.717) is 31.6 Å². The Morgan fingerprint density at radius 3 is 2.58 bits per heavy atom. The summed E-state index contributed by atoms with van der Waals surface area (Å²) >= 11 is 5.83. The second kappa shape index (κ2) is 7.19. The molecular weight excluding hydrogens is 291 g/mol. The van der Waals surface area contributed by atoms with E-state index in [1.54, 1.807) is 0 Å². The summed E-state index contributed by atoms with van der Waals surface area (Å²) in [5.74, 6) is -0.728. The molecule has 0 fully saturated rings. The number of rotatable bonds is 7. The summed E-state index contributed by atoms with van der Waals surface area (Å²) in [4.78, 5) is -0.101. The Morgan fingerprint density at radius 1 is 1.32 bits per heavy atom. The van der Waals surface area contributed by atoms with Crippen LogP contribution in [-0.4, -0.2) is 21.5 Å². The first-order valence-electron chi connectivity index (χ1n) is 6.10. The van der Waals surface area contributed by atoms with Crippen LogP contribution in [0.2, 0.25) is 5.02 Å². The summed E-state index contributed by atoms with van der Waals surface area (Å²) in [6.07, 6.45) is 0.666. The number of hydrogen-bond acceptors (Lipinski definition) is 3. The molecule has 7 heteroatoms. The maximum absolute atomic E-state index is 13.7. The number of benzene rings is 1. The molecule has 0 amide bonds.